The molecule has 1 aliphatic rings. The molecule has 126 valence electrons. The van der Waals surface area contributed by atoms with Gasteiger partial charge in [0.1, 0.15) is 0 Å². The molecule has 1 aliphatic heterocycles. The minimum atomic E-state index is -0.466. The number of nitrogens with zero attached hydrogens (tertiary/aromatic N) is 1. The third kappa shape index (κ3) is 3.53. The van der Waals surface area contributed by atoms with Gasteiger partial charge in [-0.2, -0.15) is 0 Å². The fourth-order valence-electron chi connectivity index (χ4n) is 2.45. The van der Waals surface area contributed by atoms with Gasteiger partial charge in [0.05, 0.1) is 18.7 Å². The summed E-state index contributed by atoms with van der Waals surface area (Å²) in [5, 5.41) is 7.63. The van der Waals surface area contributed by atoms with Gasteiger partial charge < -0.3 is 15.4 Å². The Labute approximate surface area is 142 Å². The van der Waals surface area contributed by atoms with Crippen LogP contribution < -0.4 is 15.4 Å². The number of amides is 2. The van der Waals surface area contributed by atoms with E-state index in [9.17, 15) is 14.0 Å². The van der Waals surface area contributed by atoms with Crippen LogP contribution in [-0.4, -0.2) is 30.5 Å². The molecule has 0 unspecified atom stereocenters. The van der Waals surface area contributed by atoms with E-state index < -0.39 is 5.82 Å². The van der Waals surface area contributed by atoms with Gasteiger partial charge in [0.15, 0.2) is 16.7 Å². The van der Waals surface area contributed by atoms with Gasteiger partial charge in [0.2, 0.25) is 11.8 Å². The van der Waals surface area contributed by atoms with Crippen molar-refractivity contribution in [3.05, 3.63) is 29.4 Å². The van der Waals surface area contributed by atoms with Crippen molar-refractivity contribution in [3.63, 3.8) is 0 Å². The van der Waals surface area contributed by atoms with E-state index in [-0.39, 0.29) is 23.5 Å². The lowest BCUT2D eigenvalue weighted by molar-refractivity contribution is -0.126. The lowest BCUT2D eigenvalue weighted by Crippen LogP contribution is -2.40. The number of anilines is 1. The minimum absolute atomic E-state index is 0.0304. The maximum atomic E-state index is 13.8. The van der Waals surface area contributed by atoms with E-state index in [0.29, 0.717) is 35.8 Å². The van der Waals surface area contributed by atoms with Crippen LogP contribution in [0.1, 0.15) is 12.8 Å². The molecule has 2 N–H and O–H groups in total. The predicted octanol–water partition coefficient (Wildman–Crippen LogP) is 2.42. The number of nitrogens with one attached hydrogen (secondary N) is 2. The number of rotatable bonds is 4. The Morgan fingerprint density at radius 2 is 2.33 bits per heavy atom. The number of ether oxygens (including phenoxy) is 1. The molecule has 1 fully saturated rings. The molecule has 0 radical (unpaired) electrons. The summed E-state index contributed by atoms with van der Waals surface area (Å²) in [6.45, 7) is 0.340. The van der Waals surface area contributed by atoms with Crippen LogP contribution in [0.5, 0.6) is 5.75 Å². The van der Waals surface area contributed by atoms with Gasteiger partial charge in [0.25, 0.3) is 0 Å². The number of benzene rings is 1. The molecule has 0 saturated carbocycles. The Hall–Kier alpha value is -2.48. The van der Waals surface area contributed by atoms with Crippen LogP contribution in [0.2, 0.25) is 0 Å². The minimum Gasteiger partial charge on any atom is -0.494 e. The number of piperidine rings is 1. The molecule has 3 rings (SSSR count). The van der Waals surface area contributed by atoms with Crippen LogP contribution >= 0.6 is 11.3 Å². The van der Waals surface area contributed by atoms with Crippen molar-refractivity contribution in [1.29, 1.82) is 0 Å². The van der Waals surface area contributed by atoms with E-state index in [4.69, 9.17) is 4.74 Å². The second-order valence-electron chi connectivity index (χ2n) is 5.42. The molecule has 0 bridgehead atoms. The van der Waals surface area contributed by atoms with Gasteiger partial charge in [-0.3, -0.25) is 9.59 Å². The number of thiazole rings is 1. The number of aromatic nitrogens is 1. The molecule has 1 aromatic carbocycles. The summed E-state index contributed by atoms with van der Waals surface area (Å²) in [6.07, 6.45) is 0.881. The summed E-state index contributed by atoms with van der Waals surface area (Å²) in [5.41, 5.74) is 1.18. The highest BCUT2D eigenvalue weighted by molar-refractivity contribution is 7.14. The maximum absolute atomic E-state index is 13.8. The first kappa shape index (κ1) is 16.4. The second kappa shape index (κ2) is 6.96. The summed E-state index contributed by atoms with van der Waals surface area (Å²) in [7, 11) is 1.41. The average Bonchev–Trinajstić information content (AvgIpc) is 3.04. The number of carbonyl (C=O) groups is 2. The standard InChI is InChI=1S/C16H16FN3O3S/c1-23-13-4-2-9(6-11(13)17)12-8-24-16(19-12)20-15(22)10-3-5-14(21)18-7-10/h2,4,6,8,10H,3,5,7H2,1H3,(H,18,21)(H,19,20,22)/t10-/m1/s1. The monoisotopic (exact) mass is 349 g/mol. The first-order valence-corrected chi connectivity index (χ1v) is 8.32. The lowest BCUT2D eigenvalue weighted by Gasteiger charge is -2.20. The largest absolute Gasteiger partial charge is 0.494 e. The van der Waals surface area contributed by atoms with Crippen LogP contribution in [0.15, 0.2) is 23.6 Å². The zero-order chi connectivity index (χ0) is 17.1. The normalized spacial score (nSPS) is 17.2. The number of hydrogen-bond acceptors (Lipinski definition) is 5. The molecule has 8 heteroatoms. The van der Waals surface area contributed by atoms with Gasteiger partial charge in [-0.15, -0.1) is 11.3 Å². The van der Waals surface area contributed by atoms with Gasteiger partial charge in [-0.25, -0.2) is 9.37 Å². The molecule has 2 amide bonds. The van der Waals surface area contributed by atoms with Crippen molar-refractivity contribution in [3.8, 4) is 17.0 Å². The quantitative estimate of drug-likeness (QED) is 0.888. The summed E-state index contributed by atoms with van der Waals surface area (Å²) in [4.78, 5) is 27.6. The highest BCUT2D eigenvalue weighted by Crippen LogP contribution is 2.28. The van der Waals surface area contributed by atoms with E-state index in [1.807, 2.05) is 0 Å². The second-order valence-corrected chi connectivity index (χ2v) is 6.27. The summed E-state index contributed by atoms with van der Waals surface area (Å²) in [6, 6.07) is 4.59. The van der Waals surface area contributed by atoms with E-state index in [1.165, 1.54) is 30.6 Å². The van der Waals surface area contributed by atoms with Crippen molar-refractivity contribution in [2.75, 3.05) is 19.0 Å². The zero-order valence-electron chi connectivity index (χ0n) is 13.0. The molecule has 1 aromatic heterocycles. The van der Waals surface area contributed by atoms with Crippen LogP contribution in [-0.2, 0) is 9.59 Å². The highest BCUT2D eigenvalue weighted by Gasteiger charge is 2.25. The molecule has 2 aromatic rings. The Morgan fingerprint density at radius 1 is 1.50 bits per heavy atom. The van der Waals surface area contributed by atoms with Gasteiger partial charge in [-0.05, 0) is 24.6 Å². The molecule has 2 heterocycles. The zero-order valence-corrected chi connectivity index (χ0v) is 13.8. The number of halogens is 1. The summed E-state index contributed by atoms with van der Waals surface area (Å²) in [5.74, 6) is -0.754. The third-order valence-corrected chi connectivity index (χ3v) is 4.58. The van der Waals surface area contributed by atoms with Crippen LogP contribution in [0.25, 0.3) is 11.3 Å². The molecule has 0 spiro atoms. The predicted molar refractivity (Wildman–Crippen MR) is 88.4 cm³/mol. The highest BCUT2D eigenvalue weighted by atomic mass is 32.1. The molecule has 6 nitrogen and oxygen atoms in total. The van der Waals surface area contributed by atoms with Crippen molar-refractivity contribution >= 4 is 28.3 Å². The molecular weight excluding hydrogens is 333 g/mol. The number of carbonyl (C=O) groups excluding carboxylic acids is 2. The van der Waals surface area contributed by atoms with Crippen LogP contribution in [0, 0.1) is 11.7 Å². The molecular formula is C16H16FN3O3S. The summed E-state index contributed by atoms with van der Waals surface area (Å²) >= 11 is 1.27. The topological polar surface area (TPSA) is 80.3 Å². The summed E-state index contributed by atoms with van der Waals surface area (Å²) < 4.78 is 18.7. The van der Waals surface area contributed by atoms with E-state index >= 15 is 0 Å². The van der Waals surface area contributed by atoms with Gasteiger partial charge in [-0.1, -0.05) is 0 Å². The fourth-order valence-corrected chi connectivity index (χ4v) is 3.18. The van der Waals surface area contributed by atoms with E-state index in [0.717, 1.165) is 0 Å². The lowest BCUT2D eigenvalue weighted by atomic mass is 9.98. The van der Waals surface area contributed by atoms with Crippen molar-refractivity contribution in [1.82, 2.24) is 10.3 Å². The Bertz CT molecular complexity index is 768. The first-order chi connectivity index (χ1) is 11.6. The van der Waals surface area contributed by atoms with E-state index in [2.05, 4.69) is 15.6 Å². The average molecular weight is 349 g/mol. The van der Waals surface area contributed by atoms with Gasteiger partial charge in [0, 0.05) is 23.9 Å². The van der Waals surface area contributed by atoms with Crippen molar-refractivity contribution < 1.29 is 18.7 Å². The fraction of sp³-hybridized carbons (Fsp3) is 0.312. The Kier molecular flexibility index (Phi) is 4.75. The number of methoxy groups -OCH3 is 1. The third-order valence-electron chi connectivity index (χ3n) is 3.82. The SMILES string of the molecule is COc1ccc(-c2csc(NC(=O)[C@@H]3CCC(=O)NC3)n2)cc1F. The smallest absolute Gasteiger partial charge is 0.231 e. The van der Waals surface area contributed by atoms with Crippen molar-refractivity contribution in [2.45, 2.75) is 12.8 Å². The molecule has 0 aliphatic carbocycles. The van der Waals surface area contributed by atoms with E-state index in [1.54, 1.807) is 11.4 Å². The van der Waals surface area contributed by atoms with Gasteiger partial charge >= 0.3 is 0 Å². The van der Waals surface area contributed by atoms with Crippen molar-refractivity contribution in [2.24, 2.45) is 5.92 Å². The molecule has 24 heavy (non-hydrogen) atoms. The van der Waals surface area contributed by atoms with Crippen LogP contribution in [0.3, 0.4) is 0 Å². The maximum Gasteiger partial charge on any atom is 0.231 e. The Morgan fingerprint density at radius 3 is 3.00 bits per heavy atom. The first-order valence-electron chi connectivity index (χ1n) is 7.44. The van der Waals surface area contributed by atoms with Crippen LogP contribution in [0.4, 0.5) is 9.52 Å². The molecule has 1 atom stereocenters. The molecule has 1 saturated heterocycles. The Balaban J connectivity index is 1.68. The number of hydrogen-bond donors (Lipinski definition) is 2.